The van der Waals surface area contributed by atoms with Gasteiger partial charge in [-0.1, -0.05) is 29.8 Å². The number of imidazole rings is 1. The number of benzene rings is 3. The zero-order valence-corrected chi connectivity index (χ0v) is 19.2. The summed E-state index contributed by atoms with van der Waals surface area (Å²) in [4.78, 5) is 5.22. The van der Waals surface area contributed by atoms with E-state index in [-0.39, 0.29) is 11.8 Å². The van der Waals surface area contributed by atoms with Crippen LogP contribution in [0.2, 0.25) is 5.02 Å². The highest BCUT2D eigenvalue weighted by Gasteiger charge is 2.30. The van der Waals surface area contributed by atoms with Gasteiger partial charge in [0.15, 0.2) is 0 Å². The zero-order valence-electron chi connectivity index (χ0n) is 17.6. The van der Waals surface area contributed by atoms with Crippen LogP contribution in [0.3, 0.4) is 0 Å². The largest absolute Gasteiger partial charge is 0.434 e. The number of hydrogen-bond donors (Lipinski definition) is 1. The van der Waals surface area contributed by atoms with Crippen molar-refractivity contribution in [2.75, 3.05) is 6.26 Å². The summed E-state index contributed by atoms with van der Waals surface area (Å²) in [5.41, 5.74) is 4.15. The highest BCUT2D eigenvalue weighted by atomic mass is 35.5. The fraction of sp³-hybridized carbons (Fsp3) is 0.208. The van der Waals surface area contributed by atoms with E-state index in [0.717, 1.165) is 28.0 Å². The van der Waals surface area contributed by atoms with E-state index < -0.39 is 16.3 Å². The molecule has 0 saturated heterocycles. The molecule has 0 saturated carbocycles. The summed E-state index contributed by atoms with van der Waals surface area (Å²) in [7, 11) is -2.78. The van der Waals surface area contributed by atoms with Gasteiger partial charge in [-0.2, -0.15) is 8.78 Å². The molecule has 0 spiro atoms. The molecule has 1 N–H and O–H groups in total. The van der Waals surface area contributed by atoms with Crippen molar-refractivity contribution in [2.24, 2.45) is 0 Å². The zero-order chi connectivity index (χ0) is 23.3. The first-order chi connectivity index (χ1) is 15.7. The first-order valence-corrected chi connectivity index (χ1v) is 12.6. The van der Waals surface area contributed by atoms with Crippen LogP contribution in [0.25, 0.3) is 22.2 Å². The van der Waals surface area contributed by atoms with E-state index in [4.69, 9.17) is 26.1 Å². The lowest BCUT2D eigenvalue weighted by Gasteiger charge is -2.19. The minimum atomic E-state index is -2.93. The van der Waals surface area contributed by atoms with Gasteiger partial charge in [-0.25, -0.2) is 14.0 Å². The van der Waals surface area contributed by atoms with Crippen molar-refractivity contribution in [1.82, 2.24) is 9.55 Å². The second kappa shape index (κ2) is 8.11. The highest BCUT2D eigenvalue weighted by Crippen LogP contribution is 2.41. The number of halogens is 3. The van der Waals surface area contributed by atoms with Gasteiger partial charge in [0.05, 0.1) is 26.8 Å². The van der Waals surface area contributed by atoms with Gasteiger partial charge in [0.1, 0.15) is 11.6 Å². The lowest BCUT2D eigenvalue weighted by atomic mass is 10.0. The molecule has 0 fully saturated rings. The molecule has 0 bridgehead atoms. The van der Waals surface area contributed by atoms with E-state index >= 15 is 0 Å². The minimum Gasteiger partial charge on any atom is -0.434 e. The molecule has 1 aliphatic heterocycles. The lowest BCUT2D eigenvalue weighted by molar-refractivity contribution is -0.0506. The first kappa shape index (κ1) is 21.9. The fourth-order valence-corrected chi connectivity index (χ4v) is 5.26. The van der Waals surface area contributed by atoms with Gasteiger partial charge in [0.2, 0.25) is 0 Å². The van der Waals surface area contributed by atoms with Gasteiger partial charge in [-0.05, 0) is 60.0 Å². The van der Waals surface area contributed by atoms with Crippen LogP contribution in [0.5, 0.6) is 5.75 Å². The van der Waals surface area contributed by atoms with Gasteiger partial charge in [-0.15, -0.1) is 0 Å². The van der Waals surface area contributed by atoms with Crippen molar-refractivity contribution in [1.29, 1.82) is 4.78 Å². The average Bonchev–Trinajstić information content (AvgIpc) is 3.33. The Kier molecular flexibility index (Phi) is 5.37. The number of alkyl halides is 2. The molecule has 0 unspecified atom stereocenters. The summed E-state index contributed by atoms with van der Waals surface area (Å²) in [6.07, 6.45) is 2.80. The Hall–Kier alpha value is -2.97. The summed E-state index contributed by atoms with van der Waals surface area (Å²) in [6.45, 7) is -2.93. The molecular weight excluding hydrogens is 468 g/mol. The van der Waals surface area contributed by atoms with E-state index in [1.54, 1.807) is 18.2 Å². The number of nitrogens with one attached hydrogen (secondary N) is 1. The third-order valence-corrected chi connectivity index (χ3v) is 7.31. The van der Waals surface area contributed by atoms with Crippen molar-refractivity contribution in [3.05, 3.63) is 77.1 Å². The Morgan fingerprint density at radius 3 is 2.55 bits per heavy atom. The quantitative estimate of drug-likeness (QED) is 0.348. The monoisotopic (exact) mass is 487 g/mol. The predicted molar refractivity (Wildman–Crippen MR) is 125 cm³/mol. The Morgan fingerprint density at radius 1 is 1.12 bits per heavy atom. The van der Waals surface area contributed by atoms with E-state index in [1.807, 2.05) is 30.3 Å². The molecule has 0 amide bonds. The minimum absolute atomic E-state index is 0.111. The number of ether oxygens (including phenoxy) is 1. The molecule has 3 aromatic carbocycles. The molecule has 9 heteroatoms. The van der Waals surface area contributed by atoms with Gasteiger partial charge in [0.25, 0.3) is 0 Å². The number of aryl methyl sites for hydroxylation is 1. The number of hydrogen-bond acceptors (Lipinski definition) is 4. The van der Waals surface area contributed by atoms with Gasteiger partial charge in [-0.3, -0.25) is 0 Å². The maximum Gasteiger partial charge on any atom is 0.387 e. The Balaban J connectivity index is 1.60. The average molecular weight is 488 g/mol. The van der Waals surface area contributed by atoms with Crippen LogP contribution in [-0.4, -0.2) is 26.6 Å². The molecule has 0 radical (unpaired) electrons. The fourth-order valence-electron chi connectivity index (χ4n) is 4.43. The maximum absolute atomic E-state index is 13.0. The van der Waals surface area contributed by atoms with Gasteiger partial charge < -0.3 is 9.30 Å². The van der Waals surface area contributed by atoms with Crippen LogP contribution in [0.1, 0.15) is 23.9 Å². The molecule has 33 heavy (non-hydrogen) atoms. The molecule has 170 valence electrons. The third-order valence-electron chi connectivity index (χ3n) is 5.90. The number of nitrogens with zero attached hydrogens (tertiary/aromatic N) is 2. The Labute approximate surface area is 195 Å². The summed E-state index contributed by atoms with van der Waals surface area (Å²) < 4.78 is 52.6. The predicted octanol–water partition coefficient (Wildman–Crippen LogP) is 6.53. The van der Waals surface area contributed by atoms with Crippen molar-refractivity contribution in [3.8, 4) is 16.9 Å². The number of aromatic nitrogens is 2. The number of rotatable bonds is 5. The molecule has 5 nitrogen and oxygen atoms in total. The maximum atomic E-state index is 13.0. The van der Waals surface area contributed by atoms with Crippen molar-refractivity contribution >= 4 is 32.4 Å². The summed E-state index contributed by atoms with van der Waals surface area (Å²) in [6, 6.07) is 17.5. The molecular formula is C24H20ClF2N3O2S. The van der Waals surface area contributed by atoms with Gasteiger partial charge >= 0.3 is 6.61 Å². The van der Waals surface area contributed by atoms with Crippen molar-refractivity contribution in [2.45, 2.75) is 30.4 Å². The summed E-state index contributed by atoms with van der Waals surface area (Å²) in [5, 5.41) is 0.451. The highest BCUT2D eigenvalue weighted by molar-refractivity contribution is 7.91. The molecule has 0 aliphatic carbocycles. The van der Waals surface area contributed by atoms with E-state index in [1.165, 1.54) is 18.4 Å². The van der Waals surface area contributed by atoms with Crippen LogP contribution in [0, 0.1) is 4.78 Å². The molecule has 1 aromatic heterocycles. The Bertz CT molecular complexity index is 1470. The number of fused-ring (bicyclic) bond motifs is 3. The van der Waals surface area contributed by atoms with Crippen LogP contribution in [0.15, 0.2) is 65.6 Å². The normalized spacial score (nSPS) is 17.3. The van der Waals surface area contributed by atoms with Crippen LogP contribution in [0.4, 0.5) is 8.78 Å². The summed E-state index contributed by atoms with van der Waals surface area (Å²) in [5.74, 6) is 0.991. The molecule has 4 aromatic rings. The Morgan fingerprint density at radius 2 is 1.85 bits per heavy atom. The summed E-state index contributed by atoms with van der Waals surface area (Å²) >= 11 is 6.20. The van der Waals surface area contributed by atoms with E-state index in [0.29, 0.717) is 28.3 Å². The first-order valence-electron chi connectivity index (χ1n) is 10.3. The van der Waals surface area contributed by atoms with Crippen LogP contribution >= 0.6 is 11.6 Å². The van der Waals surface area contributed by atoms with E-state index in [9.17, 15) is 13.0 Å². The van der Waals surface area contributed by atoms with Crippen molar-refractivity contribution in [3.63, 3.8) is 0 Å². The van der Waals surface area contributed by atoms with Crippen LogP contribution < -0.4 is 4.74 Å². The SMILES string of the molecule is C[S@@](=N)(=O)c1ccc(-c2ccc3nc4n(c3c2)[C@@H](c2cc(Cl)ccc2OC(F)F)CC4)cc1. The molecule has 1 aliphatic rings. The van der Waals surface area contributed by atoms with Crippen LogP contribution in [-0.2, 0) is 16.1 Å². The van der Waals surface area contributed by atoms with E-state index in [2.05, 4.69) is 4.57 Å². The standard InChI is InChI=1S/C24H20ClF2N3O2S/c1-33(28,31)17-6-2-14(3-7-17)15-4-8-19-21(12-15)30-20(9-11-23(30)29-19)18-13-16(25)5-10-22(18)32-24(26)27/h2-8,10,12-13,20,24,28H,9,11H2,1H3/t20-,33-/m1/s1. The smallest absolute Gasteiger partial charge is 0.387 e. The third kappa shape index (κ3) is 4.09. The molecule has 2 heterocycles. The van der Waals surface area contributed by atoms with Crippen molar-refractivity contribution < 1.29 is 17.7 Å². The topological polar surface area (TPSA) is 68.0 Å². The lowest BCUT2D eigenvalue weighted by Crippen LogP contribution is -2.10. The molecule has 5 rings (SSSR count). The second-order valence-electron chi connectivity index (χ2n) is 8.08. The van der Waals surface area contributed by atoms with Gasteiger partial charge in [0, 0.05) is 28.2 Å². The second-order valence-corrected chi connectivity index (χ2v) is 10.7. The molecule has 2 atom stereocenters.